The third kappa shape index (κ3) is 2.78. The average molecular weight is 296 g/mol. The van der Waals surface area contributed by atoms with E-state index in [2.05, 4.69) is 21.8 Å². The fraction of sp³-hybridized carbons (Fsp3) is 0.0625. The van der Waals surface area contributed by atoms with Gasteiger partial charge in [-0.2, -0.15) is 0 Å². The van der Waals surface area contributed by atoms with Crippen LogP contribution in [0.2, 0.25) is 0 Å². The summed E-state index contributed by atoms with van der Waals surface area (Å²) in [7, 11) is 0. The van der Waals surface area contributed by atoms with E-state index in [0.29, 0.717) is 17.0 Å². The maximum atomic E-state index is 11.3. The zero-order valence-corrected chi connectivity index (χ0v) is 11.9. The molecule has 102 valence electrons. The van der Waals surface area contributed by atoms with Crippen molar-refractivity contribution in [2.24, 2.45) is 0 Å². The van der Waals surface area contributed by atoms with Gasteiger partial charge in [-0.1, -0.05) is 12.0 Å². The first kappa shape index (κ1) is 13.3. The second-order valence-corrected chi connectivity index (χ2v) is 4.82. The van der Waals surface area contributed by atoms with E-state index in [9.17, 15) is 4.79 Å². The van der Waals surface area contributed by atoms with E-state index >= 15 is 0 Å². The van der Waals surface area contributed by atoms with E-state index in [4.69, 9.17) is 11.6 Å². The Morgan fingerprint density at radius 3 is 2.86 bits per heavy atom. The van der Waals surface area contributed by atoms with Gasteiger partial charge in [-0.3, -0.25) is 9.20 Å². The smallest absolute Gasteiger partial charge is 0.270 e. The van der Waals surface area contributed by atoms with Crippen molar-refractivity contribution in [2.75, 3.05) is 0 Å². The molecular formula is C16H10ClN3O. The summed E-state index contributed by atoms with van der Waals surface area (Å²) in [4.78, 5) is 19.7. The predicted molar refractivity (Wildman–Crippen MR) is 80.3 cm³/mol. The Labute approximate surface area is 126 Å². The molecule has 0 N–H and O–H groups in total. The van der Waals surface area contributed by atoms with Crippen LogP contribution >= 0.6 is 11.6 Å². The lowest BCUT2D eigenvalue weighted by Crippen LogP contribution is -1.96. The molecule has 0 radical (unpaired) electrons. The summed E-state index contributed by atoms with van der Waals surface area (Å²) in [5, 5.41) is -0.548. The fourth-order valence-electron chi connectivity index (χ4n) is 1.95. The number of nitrogens with zero attached hydrogens (tertiary/aromatic N) is 3. The second-order valence-electron chi connectivity index (χ2n) is 4.48. The lowest BCUT2D eigenvalue weighted by Gasteiger charge is -1.97. The molecule has 0 aliphatic heterocycles. The number of rotatable bonds is 1. The summed E-state index contributed by atoms with van der Waals surface area (Å²) in [5.41, 5.74) is 3.35. The van der Waals surface area contributed by atoms with Crippen LogP contribution in [0.5, 0.6) is 0 Å². The van der Waals surface area contributed by atoms with E-state index in [1.165, 1.54) is 6.20 Å². The molecule has 0 bridgehead atoms. The molecule has 0 aromatic carbocycles. The van der Waals surface area contributed by atoms with Gasteiger partial charge in [0.2, 0.25) is 0 Å². The Hall–Kier alpha value is -2.64. The van der Waals surface area contributed by atoms with Crippen LogP contribution in [0.15, 0.2) is 42.7 Å². The van der Waals surface area contributed by atoms with Crippen molar-refractivity contribution >= 4 is 22.5 Å². The molecule has 0 fully saturated rings. The van der Waals surface area contributed by atoms with Gasteiger partial charge in [-0.15, -0.1) is 0 Å². The molecule has 3 heterocycles. The summed E-state index contributed by atoms with van der Waals surface area (Å²) in [6.45, 7) is 1.92. The quantitative estimate of drug-likeness (QED) is 0.512. The number of aromatic nitrogens is 3. The number of carbonyl (C=O) groups is 1. The van der Waals surface area contributed by atoms with Gasteiger partial charge in [0.05, 0.1) is 6.20 Å². The van der Waals surface area contributed by atoms with Gasteiger partial charge >= 0.3 is 0 Å². The van der Waals surface area contributed by atoms with Crippen LogP contribution in [0.25, 0.3) is 5.65 Å². The van der Waals surface area contributed by atoms with Crippen LogP contribution in [0.1, 0.15) is 27.4 Å². The number of hydrogen-bond acceptors (Lipinski definition) is 3. The standard InChI is InChI=1S/C16H10ClN3O/c1-11-3-2-4-13(19-11)7-5-12-6-8-15-18-9-14(16(17)21)20(15)10-12/h2-4,6,8-10H,1H3. The van der Waals surface area contributed by atoms with Gasteiger partial charge in [-0.25, -0.2) is 9.97 Å². The second kappa shape index (κ2) is 5.39. The zero-order valence-electron chi connectivity index (χ0n) is 11.2. The van der Waals surface area contributed by atoms with Gasteiger partial charge in [0, 0.05) is 17.5 Å². The monoisotopic (exact) mass is 295 g/mol. The van der Waals surface area contributed by atoms with Gasteiger partial charge in [0.25, 0.3) is 5.24 Å². The molecule has 0 atom stereocenters. The van der Waals surface area contributed by atoms with Crippen LogP contribution in [0, 0.1) is 18.8 Å². The minimum Gasteiger partial charge on any atom is -0.295 e. The highest BCUT2D eigenvalue weighted by Gasteiger charge is 2.09. The molecule has 3 aromatic heterocycles. The van der Waals surface area contributed by atoms with Crippen molar-refractivity contribution in [1.82, 2.24) is 14.4 Å². The summed E-state index contributed by atoms with van der Waals surface area (Å²) in [6, 6.07) is 9.31. The minimum absolute atomic E-state index is 0.323. The Kier molecular flexibility index (Phi) is 3.43. The molecular weight excluding hydrogens is 286 g/mol. The number of fused-ring (bicyclic) bond motifs is 1. The highest BCUT2D eigenvalue weighted by molar-refractivity contribution is 6.67. The molecule has 3 rings (SSSR count). The molecule has 0 aliphatic carbocycles. The zero-order chi connectivity index (χ0) is 14.8. The number of pyridine rings is 2. The van der Waals surface area contributed by atoms with Crippen LogP contribution in [0.3, 0.4) is 0 Å². The van der Waals surface area contributed by atoms with Crippen LogP contribution in [-0.2, 0) is 0 Å². The maximum Gasteiger partial charge on any atom is 0.270 e. The van der Waals surface area contributed by atoms with Gasteiger partial charge < -0.3 is 0 Å². The highest BCUT2D eigenvalue weighted by atomic mass is 35.5. The van der Waals surface area contributed by atoms with E-state index in [1.807, 2.05) is 31.2 Å². The molecule has 4 nitrogen and oxygen atoms in total. The molecule has 0 aliphatic rings. The minimum atomic E-state index is -0.548. The van der Waals surface area contributed by atoms with Crippen molar-refractivity contribution in [2.45, 2.75) is 6.92 Å². The first-order valence-corrected chi connectivity index (χ1v) is 6.64. The Morgan fingerprint density at radius 1 is 1.24 bits per heavy atom. The van der Waals surface area contributed by atoms with Gasteiger partial charge in [-0.05, 0) is 48.7 Å². The van der Waals surface area contributed by atoms with E-state index in [0.717, 1.165) is 11.3 Å². The first-order valence-electron chi connectivity index (χ1n) is 6.26. The predicted octanol–water partition coefficient (Wildman–Crippen LogP) is 2.82. The number of hydrogen-bond donors (Lipinski definition) is 0. The molecule has 0 unspecified atom stereocenters. The van der Waals surface area contributed by atoms with E-state index < -0.39 is 5.24 Å². The third-order valence-electron chi connectivity index (χ3n) is 2.93. The summed E-state index contributed by atoms with van der Waals surface area (Å²) in [6.07, 6.45) is 3.19. The Morgan fingerprint density at radius 2 is 2.10 bits per heavy atom. The number of imidazole rings is 1. The van der Waals surface area contributed by atoms with Gasteiger partial charge in [0.15, 0.2) is 0 Å². The van der Waals surface area contributed by atoms with Crippen molar-refractivity contribution in [1.29, 1.82) is 0 Å². The van der Waals surface area contributed by atoms with E-state index in [-0.39, 0.29) is 0 Å². The molecule has 0 amide bonds. The highest BCUT2D eigenvalue weighted by Crippen LogP contribution is 2.11. The molecule has 3 aromatic rings. The SMILES string of the molecule is Cc1cccc(C#Cc2ccc3ncc(C(=O)Cl)n3c2)n1. The van der Waals surface area contributed by atoms with Crippen molar-refractivity contribution in [3.05, 3.63) is 65.4 Å². The summed E-state index contributed by atoms with van der Waals surface area (Å²) >= 11 is 5.52. The number of carbonyl (C=O) groups excluding carboxylic acids is 1. The fourth-order valence-corrected chi connectivity index (χ4v) is 2.09. The van der Waals surface area contributed by atoms with Crippen LogP contribution in [-0.4, -0.2) is 19.6 Å². The van der Waals surface area contributed by atoms with Crippen molar-refractivity contribution < 1.29 is 4.79 Å². The van der Waals surface area contributed by atoms with Gasteiger partial charge in [0.1, 0.15) is 17.0 Å². The Bertz CT molecular complexity index is 903. The topological polar surface area (TPSA) is 47.3 Å². The van der Waals surface area contributed by atoms with Crippen molar-refractivity contribution in [3.8, 4) is 11.8 Å². The molecule has 0 spiro atoms. The number of halogens is 1. The normalized spacial score (nSPS) is 10.2. The lowest BCUT2D eigenvalue weighted by molar-refractivity contribution is 0.107. The van der Waals surface area contributed by atoms with Crippen molar-refractivity contribution in [3.63, 3.8) is 0 Å². The maximum absolute atomic E-state index is 11.3. The number of aryl methyl sites for hydroxylation is 1. The molecule has 0 saturated heterocycles. The summed E-state index contributed by atoms with van der Waals surface area (Å²) < 4.78 is 1.63. The molecule has 21 heavy (non-hydrogen) atoms. The molecule has 0 saturated carbocycles. The van der Waals surface area contributed by atoms with Crippen LogP contribution < -0.4 is 0 Å². The molecule has 5 heteroatoms. The Balaban J connectivity index is 2.02. The summed E-state index contributed by atoms with van der Waals surface area (Å²) in [5.74, 6) is 6.02. The lowest BCUT2D eigenvalue weighted by atomic mass is 10.2. The van der Waals surface area contributed by atoms with E-state index in [1.54, 1.807) is 16.7 Å². The third-order valence-corrected chi connectivity index (χ3v) is 3.12. The largest absolute Gasteiger partial charge is 0.295 e. The average Bonchev–Trinajstić information content (AvgIpc) is 2.88. The first-order chi connectivity index (χ1) is 10.1. The van der Waals surface area contributed by atoms with Crippen LogP contribution in [0.4, 0.5) is 0 Å².